The summed E-state index contributed by atoms with van der Waals surface area (Å²) in [5.74, 6) is 0.669. The van der Waals surface area contributed by atoms with Crippen molar-refractivity contribution in [2.45, 2.75) is 85.0 Å². The Hall–Kier alpha value is -2.84. The SMILES string of the molecule is CCOc1ccc(-n2c(C)nc(OS(=O)(=O)c3c(C(C)C)cc(C(C)C)cc3C(C)C)c(C)c2=O)c(Cl)c1. The van der Waals surface area contributed by atoms with Crippen molar-refractivity contribution in [2.24, 2.45) is 0 Å². The Morgan fingerprint density at radius 3 is 2.00 bits per heavy atom. The molecule has 0 spiro atoms. The smallest absolute Gasteiger partial charge is 0.341 e. The first-order valence-corrected chi connectivity index (χ1v) is 14.6. The summed E-state index contributed by atoms with van der Waals surface area (Å²) in [4.78, 5) is 18.0. The lowest BCUT2D eigenvalue weighted by Crippen LogP contribution is -2.27. The summed E-state index contributed by atoms with van der Waals surface area (Å²) in [5.41, 5.74) is 2.43. The van der Waals surface area contributed by atoms with Gasteiger partial charge in [0, 0.05) is 6.07 Å². The highest BCUT2D eigenvalue weighted by Gasteiger charge is 2.30. The number of ether oxygens (including phenoxy) is 1. The molecule has 38 heavy (non-hydrogen) atoms. The van der Waals surface area contributed by atoms with Gasteiger partial charge in [0.2, 0.25) is 5.88 Å². The minimum Gasteiger partial charge on any atom is -0.494 e. The number of aromatic nitrogens is 2. The van der Waals surface area contributed by atoms with Crippen molar-refractivity contribution in [1.29, 1.82) is 0 Å². The summed E-state index contributed by atoms with van der Waals surface area (Å²) in [5, 5.41) is 0.303. The first-order valence-electron chi connectivity index (χ1n) is 12.8. The van der Waals surface area contributed by atoms with Gasteiger partial charge in [-0.3, -0.25) is 9.36 Å². The number of hydrogen-bond donors (Lipinski definition) is 0. The van der Waals surface area contributed by atoms with E-state index >= 15 is 0 Å². The van der Waals surface area contributed by atoms with E-state index in [1.54, 1.807) is 25.1 Å². The fraction of sp³-hybridized carbons (Fsp3) is 0.448. The second-order valence-corrected chi connectivity index (χ2v) is 12.2. The molecule has 3 rings (SSSR count). The van der Waals surface area contributed by atoms with Crippen LogP contribution in [0.15, 0.2) is 40.0 Å². The Kier molecular flexibility index (Phi) is 8.99. The van der Waals surface area contributed by atoms with Gasteiger partial charge >= 0.3 is 10.1 Å². The van der Waals surface area contributed by atoms with E-state index in [9.17, 15) is 13.2 Å². The van der Waals surface area contributed by atoms with E-state index in [0.29, 0.717) is 34.2 Å². The summed E-state index contributed by atoms with van der Waals surface area (Å²) >= 11 is 6.46. The molecule has 0 atom stereocenters. The first-order chi connectivity index (χ1) is 17.7. The van der Waals surface area contributed by atoms with Crippen LogP contribution >= 0.6 is 11.6 Å². The van der Waals surface area contributed by atoms with Gasteiger partial charge in [0.05, 0.1) is 22.9 Å². The Bertz CT molecular complexity index is 1480. The molecule has 3 aromatic rings. The Balaban J connectivity index is 2.16. The number of nitrogens with zero attached hydrogens (tertiary/aromatic N) is 2. The van der Waals surface area contributed by atoms with Crippen LogP contribution in [0.2, 0.25) is 5.02 Å². The van der Waals surface area contributed by atoms with Gasteiger partial charge in [0.1, 0.15) is 16.5 Å². The molecule has 0 amide bonds. The zero-order valence-corrected chi connectivity index (χ0v) is 25.1. The molecule has 0 radical (unpaired) electrons. The zero-order chi connectivity index (χ0) is 28.5. The molecule has 0 aliphatic carbocycles. The number of rotatable bonds is 9. The fourth-order valence-electron chi connectivity index (χ4n) is 4.30. The molecule has 0 saturated heterocycles. The lowest BCUT2D eigenvalue weighted by Gasteiger charge is -2.23. The third-order valence-electron chi connectivity index (χ3n) is 6.42. The van der Waals surface area contributed by atoms with Gasteiger partial charge in [0.25, 0.3) is 5.56 Å². The topological polar surface area (TPSA) is 87.5 Å². The lowest BCUT2D eigenvalue weighted by molar-refractivity contribution is 0.340. The maximum atomic E-state index is 13.8. The molecule has 0 aliphatic heterocycles. The normalized spacial score (nSPS) is 12.0. The molecule has 0 unspecified atom stereocenters. The molecule has 0 N–H and O–H groups in total. The predicted molar refractivity (Wildman–Crippen MR) is 152 cm³/mol. The van der Waals surface area contributed by atoms with Gasteiger partial charge < -0.3 is 8.92 Å². The first kappa shape index (κ1) is 29.7. The number of aryl methyl sites for hydroxylation is 1. The third-order valence-corrected chi connectivity index (χ3v) is 8.07. The summed E-state index contributed by atoms with van der Waals surface area (Å²) in [6.07, 6.45) is 0. The van der Waals surface area contributed by atoms with Crippen molar-refractivity contribution in [3.63, 3.8) is 0 Å². The van der Waals surface area contributed by atoms with E-state index in [2.05, 4.69) is 18.8 Å². The van der Waals surface area contributed by atoms with Crippen molar-refractivity contribution in [1.82, 2.24) is 9.55 Å². The third kappa shape index (κ3) is 5.91. The van der Waals surface area contributed by atoms with Crippen LogP contribution in [0.4, 0.5) is 0 Å². The quantitative estimate of drug-likeness (QED) is 0.261. The standard InChI is InChI=1S/C29H37ClN2O5S/c1-10-36-22-11-12-26(25(30)15-22)32-20(9)31-28(19(8)29(32)33)37-38(34,35)27-23(17(4)5)13-21(16(2)3)14-24(27)18(6)7/h11-18H,10H2,1-9H3. The summed E-state index contributed by atoms with van der Waals surface area (Å²) in [7, 11) is -4.31. The van der Waals surface area contributed by atoms with E-state index < -0.39 is 15.7 Å². The average molecular weight is 561 g/mol. The average Bonchev–Trinajstić information content (AvgIpc) is 2.82. The van der Waals surface area contributed by atoms with Gasteiger partial charge in [-0.2, -0.15) is 13.4 Å². The van der Waals surface area contributed by atoms with Crippen LogP contribution in [0, 0.1) is 13.8 Å². The highest BCUT2D eigenvalue weighted by Crippen LogP contribution is 2.36. The predicted octanol–water partition coefficient (Wildman–Crippen LogP) is 7.04. The molecule has 7 nitrogen and oxygen atoms in total. The molecule has 0 fully saturated rings. The molecular weight excluding hydrogens is 524 g/mol. The van der Waals surface area contributed by atoms with Gasteiger partial charge in [-0.1, -0.05) is 65.3 Å². The van der Waals surface area contributed by atoms with E-state index in [4.69, 9.17) is 20.5 Å². The van der Waals surface area contributed by atoms with Crippen LogP contribution in [-0.2, 0) is 10.1 Å². The second-order valence-electron chi connectivity index (χ2n) is 10.3. The Morgan fingerprint density at radius 1 is 0.947 bits per heavy atom. The monoisotopic (exact) mass is 560 g/mol. The molecule has 0 saturated carbocycles. The minimum atomic E-state index is -4.31. The molecule has 9 heteroatoms. The number of halogens is 1. The molecular formula is C29H37ClN2O5S. The van der Waals surface area contributed by atoms with Gasteiger partial charge in [-0.15, -0.1) is 0 Å². The van der Waals surface area contributed by atoms with Crippen LogP contribution in [0.1, 0.15) is 94.3 Å². The lowest BCUT2D eigenvalue weighted by atomic mass is 9.89. The van der Waals surface area contributed by atoms with Gasteiger partial charge in [0.15, 0.2) is 0 Å². The molecule has 2 aromatic carbocycles. The van der Waals surface area contributed by atoms with Gasteiger partial charge in [-0.05, 0) is 67.3 Å². The molecule has 0 bridgehead atoms. The summed E-state index contributed by atoms with van der Waals surface area (Å²) in [6, 6.07) is 8.88. The Morgan fingerprint density at radius 2 is 1.53 bits per heavy atom. The van der Waals surface area contributed by atoms with E-state index in [-0.39, 0.29) is 39.9 Å². The van der Waals surface area contributed by atoms with E-state index in [0.717, 1.165) is 5.56 Å². The summed E-state index contributed by atoms with van der Waals surface area (Å²) in [6.45, 7) is 17.4. The largest absolute Gasteiger partial charge is 0.494 e. The highest BCUT2D eigenvalue weighted by atomic mass is 35.5. The van der Waals surface area contributed by atoms with Crippen molar-refractivity contribution in [3.8, 4) is 17.3 Å². The molecule has 0 aliphatic rings. The van der Waals surface area contributed by atoms with Crippen molar-refractivity contribution < 1.29 is 17.3 Å². The van der Waals surface area contributed by atoms with E-state index in [1.807, 2.05) is 46.8 Å². The number of benzene rings is 2. The molecule has 1 aromatic heterocycles. The van der Waals surface area contributed by atoms with Crippen molar-refractivity contribution in [2.75, 3.05) is 6.61 Å². The number of hydrogen-bond acceptors (Lipinski definition) is 6. The minimum absolute atomic E-state index is 0.0557. The zero-order valence-electron chi connectivity index (χ0n) is 23.5. The fourth-order valence-corrected chi connectivity index (χ4v) is 6.18. The Labute approximate surface area is 230 Å². The molecule has 1 heterocycles. The van der Waals surface area contributed by atoms with Crippen LogP contribution in [-0.4, -0.2) is 24.6 Å². The maximum absolute atomic E-state index is 13.8. The van der Waals surface area contributed by atoms with Crippen LogP contribution in [0.25, 0.3) is 5.69 Å². The van der Waals surface area contributed by atoms with Crippen LogP contribution in [0.5, 0.6) is 11.6 Å². The van der Waals surface area contributed by atoms with Crippen LogP contribution in [0.3, 0.4) is 0 Å². The van der Waals surface area contributed by atoms with Crippen molar-refractivity contribution in [3.05, 3.63) is 73.8 Å². The highest BCUT2D eigenvalue weighted by molar-refractivity contribution is 7.87. The van der Waals surface area contributed by atoms with Crippen LogP contribution < -0.4 is 14.5 Å². The molecule has 206 valence electrons. The van der Waals surface area contributed by atoms with Gasteiger partial charge in [-0.25, -0.2) is 0 Å². The maximum Gasteiger partial charge on any atom is 0.341 e. The second kappa shape index (κ2) is 11.5. The summed E-state index contributed by atoms with van der Waals surface area (Å²) < 4.78 is 40.1. The van der Waals surface area contributed by atoms with Crippen molar-refractivity contribution >= 4 is 21.7 Å². The van der Waals surface area contributed by atoms with E-state index in [1.165, 1.54) is 11.5 Å².